The number of benzene rings is 1. The second-order valence-electron chi connectivity index (χ2n) is 16.1. The summed E-state index contributed by atoms with van der Waals surface area (Å²) in [6, 6.07) is 10.4. The van der Waals surface area contributed by atoms with Gasteiger partial charge in [-0.15, -0.1) is 0 Å². The Hall–Kier alpha value is -2.16. The van der Waals surface area contributed by atoms with Crippen LogP contribution in [0.25, 0.3) is 6.08 Å². The summed E-state index contributed by atoms with van der Waals surface area (Å²) in [6.45, 7) is 18.9. The predicted molar refractivity (Wildman–Crippen MR) is 166 cm³/mol. The second kappa shape index (κ2) is 9.42. The van der Waals surface area contributed by atoms with E-state index in [9.17, 15) is 9.59 Å². The topological polar surface area (TPSA) is 43.4 Å². The van der Waals surface area contributed by atoms with Crippen molar-refractivity contribution in [2.45, 2.75) is 99.3 Å². The molecule has 0 amide bonds. The molecule has 5 aliphatic rings. The van der Waals surface area contributed by atoms with Gasteiger partial charge in [-0.25, -0.2) is 0 Å². The highest BCUT2D eigenvalue weighted by molar-refractivity contribution is 6.04. The lowest BCUT2D eigenvalue weighted by Crippen LogP contribution is -2.67. The quantitative estimate of drug-likeness (QED) is 0.212. The first-order valence-corrected chi connectivity index (χ1v) is 16.3. The molecule has 0 radical (unpaired) electrons. The number of carbonyl (C=O) groups excluding carboxylic acids is 2. The van der Waals surface area contributed by atoms with Gasteiger partial charge in [-0.1, -0.05) is 77.1 Å². The van der Waals surface area contributed by atoms with Crippen molar-refractivity contribution in [3.63, 3.8) is 0 Å². The van der Waals surface area contributed by atoms with Gasteiger partial charge in [-0.3, -0.25) is 9.59 Å². The summed E-state index contributed by atoms with van der Waals surface area (Å²) in [5.74, 6) is 2.55. The van der Waals surface area contributed by atoms with Gasteiger partial charge in [-0.05, 0) is 128 Å². The average molecular weight is 557 g/mol. The van der Waals surface area contributed by atoms with E-state index in [1.54, 1.807) is 7.11 Å². The smallest absolute Gasteiger partial charge is 0.312 e. The van der Waals surface area contributed by atoms with Gasteiger partial charge >= 0.3 is 5.97 Å². The maximum atomic E-state index is 14.0. The molecule has 3 nitrogen and oxygen atoms in total. The summed E-state index contributed by atoms with van der Waals surface area (Å²) < 4.78 is 5.54. The molecule has 222 valence electrons. The van der Waals surface area contributed by atoms with E-state index in [2.05, 4.69) is 78.5 Å². The van der Waals surface area contributed by atoms with E-state index in [0.29, 0.717) is 35.4 Å². The van der Waals surface area contributed by atoms with Gasteiger partial charge in [0.25, 0.3) is 0 Å². The van der Waals surface area contributed by atoms with Crippen LogP contribution < -0.4 is 0 Å². The lowest BCUT2D eigenvalue weighted by atomic mass is 9.32. The number of methoxy groups -OCH3 is 1. The van der Waals surface area contributed by atoms with Crippen LogP contribution >= 0.6 is 0 Å². The van der Waals surface area contributed by atoms with Crippen molar-refractivity contribution in [2.75, 3.05) is 7.11 Å². The molecule has 0 unspecified atom stereocenters. The van der Waals surface area contributed by atoms with Gasteiger partial charge in [0.1, 0.15) is 0 Å². The van der Waals surface area contributed by atoms with Crippen molar-refractivity contribution in [1.29, 1.82) is 0 Å². The van der Waals surface area contributed by atoms with Crippen molar-refractivity contribution in [3.8, 4) is 0 Å². The monoisotopic (exact) mass is 556 g/mol. The van der Waals surface area contributed by atoms with Crippen LogP contribution in [0.5, 0.6) is 0 Å². The molecule has 0 aliphatic heterocycles. The molecule has 1 aromatic carbocycles. The molecule has 9 atom stereocenters. The Labute approximate surface area is 248 Å². The van der Waals surface area contributed by atoms with E-state index < -0.39 is 0 Å². The normalized spacial score (nSPS) is 45.7. The molecule has 5 aliphatic carbocycles. The van der Waals surface area contributed by atoms with Crippen molar-refractivity contribution < 1.29 is 14.3 Å². The third-order valence-corrected chi connectivity index (χ3v) is 14.4. The number of hydrogen-bond donors (Lipinski definition) is 0. The Balaban J connectivity index is 1.42. The van der Waals surface area contributed by atoms with Crippen LogP contribution in [0.2, 0.25) is 0 Å². The van der Waals surface area contributed by atoms with Crippen molar-refractivity contribution in [2.24, 2.45) is 56.7 Å². The lowest BCUT2D eigenvalue weighted by molar-refractivity contribution is -0.232. The zero-order valence-corrected chi connectivity index (χ0v) is 26.6. The molecule has 6 rings (SSSR count). The fourth-order valence-corrected chi connectivity index (χ4v) is 12.4. The number of rotatable bonds is 3. The number of esters is 1. The summed E-state index contributed by atoms with van der Waals surface area (Å²) in [6.07, 6.45) is 11.7. The summed E-state index contributed by atoms with van der Waals surface area (Å²) in [5.41, 5.74) is 3.06. The zero-order valence-electron chi connectivity index (χ0n) is 26.6. The van der Waals surface area contributed by atoms with E-state index >= 15 is 0 Å². The fourth-order valence-electron chi connectivity index (χ4n) is 12.4. The van der Waals surface area contributed by atoms with E-state index in [1.165, 1.54) is 24.8 Å². The van der Waals surface area contributed by atoms with Crippen LogP contribution in [0.3, 0.4) is 0 Å². The third-order valence-electron chi connectivity index (χ3n) is 14.4. The maximum absolute atomic E-state index is 14.0. The molecule has 5 saturated carbocycles. The van der Waals surface area contributed by atoms with Crippen molar-refractivity contribution >= 4 is 17.8 Å². The van der Waals surface area contributed by atoms with Crippen molar-refractivity contribution in [3.05, 3.63) is 53.6 Å². The average Bonchev–Trinajstić information content (AvgIpc) is 3.33. The van der Waals surface area contributed by atoms with E-state index in [1.807, 2.05) is 6.07 Å². The number of ether oxygens (including phenoxy) is 1. The van der Waals surface area contributed by atoms with Crippen LogP contribution in [0.15, 0.2) is 48.1 Å². The summed E-state index contributed by atoms with van der Waals surface area (Å²) in [7, 11) is 1.59. The van der Waals surface area contributed by atoms with Crippen LogP contribution in [0.1, 0.15) is 105 Å². The lowest BCUT2D eigenvalue weighted by Gasteiger charge is -2.72. The van der Waals surface area contributed by atoms with E-state index in [-0.39, 0.29) is 33.0 Å². The molecule has 0 N–H and O–H groups in total. The minimum atomic E-state index is -0.365. The van der Waals surface area contributed by atoms with Crippen LogP contribution in [0, 0.1) is 56.7 Å². The number of fused-ring (bicyclic) bond motifs is 7. The summed E-state index contributed by atoms with van der Waals surface area (Å²) in [4.78, 5) is 27.5. The van der Waals surface area contributed by atoms with Crippen LogP contribution in [0.4, 0.5) is 0 Å². The second-order valence-corrected chi connectivity index (χ2v) is 16.1. The standard InChI is InChI=1S/C38H52O3/c1-24(2)27-16-19-38(33(40)41-8)21-20-36(6)28(31(27)38)14-15-30-35(5)23-26(22-25-12-10-9-11-13-25)32(39)34(3,4)29(35)17-18-37(30,36)7/h9-13,22,27-31H,1,14-21,23H2,2-8H3/b26-22-/t27-,28+,29+,30-,31+,35-,36+,37-,38-/m0/s1. The van der Waals surface area contributed by atoms with Crippen LogP contribution in [-0.2, 0) is 14.3 Å². The first kappa shape index (κ1) is 28.9. The Morgan fingerprint density at radius 3 is 2.27 bits per heavy atom. The molecule has 0 bridgehead atoms. The molecule has 0 aromatic heterocycles. The number of Topliss-reactive ketones (excluding diaryl/α,β-unsaturated/α-hetero) is 1. The van der Waals surface area contributed by atoms with Gasteiger partial charge in [0.2, 0.25) is 0 Å². The molecule has 3 heteroatoms. The van der Waals surface area contributed by atoms with Gasteiger partial charge < -0.3 is 4.74 Å². The van der Waals surface area contributed by atoms with E-state index in [0.717, 1.165) is 49.7 Å². The Kier molecular flexibility index (Phi) is 6.65. The summed E-state index contributed by atoms with van der Waals surface area (Å²) in [5, 5.41) is 0. The SMILES string of the molecule is C=C(C)[C@@H]1CC[C@]2(C(=O)OC)CC[C@]3(C)[C@H](CC[C@H]4[C@@]5(C)C/C(=C/c6ccccc6)C(=O)C(C)(C)[C@H]5CC[C@@]43C)[C@@H]12. The molecule has 0 saturated heterocycles. The predicted octanol–water partition coefficient (Wildman–Crippen LogP) is 9.08. The van der Waals surface area contributed by atoms with Gasteiger partial charge in [0.05, 0.1) is 12.5 Å². The first-order valence-electron chi connectivity index (χ1n) is 16.3. The highest BCUT2D eigenvalue weighted by Gasteiger charge is 2.72. The number of allylic oxidation sites excluding steroid dienone is 2. The molecule has 0 heterocycles. The van der Waals surface area contributed by atoms with E-state index in [4.69, 9.17) is 4.74 Å². The maximum Gasteiger partial charge on any atom is 0.312 e. The zero-order chi connectivity index (χ0) is 29.6. The molecule has 41 heavy (non-hydrogen) atoms. The molecular formula is C38H52O3. The Bertz CT molecular complexity index is 1290. The molecular weight excluding hydrogens is 504 g/mol. The minimum Gasteiger partial charge on any atom is -0.469 e. The summed E-state index contributed by atoms with van der Waals surface area (Å²) >= 11 is 0. The largest absolute Gasteiger partial charge is 0.469 e. The Morgan fingerprint density at radius 1 is 0.902 bits per heavy atom. The molecule has 0 spiro atoms. The van der Waals surface area contributed by atoms with Crippen LogP contribution in [-0.4, -0.2) is 18.9 Å². The first-order chi connectivity index (χ1) is 19.3. The minimum absolute atomic E-state index is 0.0273. The van der Waals surface area contributed by atoms with Crippen molar-refractivity contribution in [1.82, 2.24) is 0 Å². The molecule has 5 fully saturated rings. The highest BCUT2D eigenvalue weighted by atomic mass is 16.5. The number of hydrogen-bond acceptors (Lipinski definition) is 3. The fraction of sp³-hybridized carbons (Fsp3) is 0.684. The highest BCUT2D eigenvalue weighted by Crippen LogP contribution is 2.77. The van der Waals surface area contributed by atoms with Gasteiger partial charge in [-0.2, -0.15) is 0 Å². The number of carbonyl (C=O) groups is 2. The van der Waals surface area contributed by atoms with Gasteiger partial charge in [0.15, 0.2) is 5.78 Å². The van der Waals surface area contributed by atoms with Gasteiger partial charge in [0, 0.05) is 5.41 Å². The third kappa shape index (κ3) is 3.75. The molecule has 1 aromatic rings. The Morgan fingerprint density at radius 2 is 1.61 bits per heavy atom. The number of ketones is 1.